The number of quaternary nitrogens is 2. The van der Waals surface area contributed by atoms with Crippen LogP contribution in [-0.2, 0) is 11.3 Å². The lowest BCUT2D eigenvalue weighted by molar-refractivity contribution is -1.01. The van der Waals surface area contributed by atoms with Gasteiger partial charge >= 0.3 is 0 Å². The number of nitrogens with zero attached hydrogens (tertiary/aromatic N) is 1. The van der Waals surface area contributed by atoms with Crippen LogP contribution < -0.4 is 9.80 Å². The minimum atomic E-state index is 0.197. The molecule has 1 heterocycles. The molecular weight excluding hydrogens is 370 g/mol. The normalized spacial score (nSPS) is 19.6. The average Bonchev–Trinajstić information content (AvgIpc) is 2.70. The van der Waals surface area contributed by atoms with E-state index in [0.717, 1.165) is 38.3 Å². The molecule has 0 aliphatic carbocycles. The number of hydrogen-bond donors (Lipinski definition) is 2. The predicted octanol–water partition coefficient (Wildman–Crippen LogP) is 0.795. The molecule has 0 radical (unpaired) electrons. The van der Waals surface area contributed by atoms with Gasteiger partial charge in [0.25, 0.3) is 5.91 Å². The van der Waals surface area contributed by atoms with Gasteiger partial charge in [-0.15, -0.1) is 0 Å². The van der Waals surface area contributed by atoms with E-state index >= 15 is 0 Å². The molecule has 4 nitrogen and oxygen atoms in total. The molecule has 5 heteroatoms. The summed E-state index contributed by atoms with van der Waals surface area (Å²) in [7, 11) is 1.87. The maximum atomic E-state index is 12.6. The number of nitrogens with one attached hydrogen (secondary N) is 2. The molecule has 148 valence electrons. The molecule has 1 fully saturated rings. The van der Waals surface area contributed by atoms with Crippen LogP contribution >= 0.6 is 11.6 Å². The van der Waals surface area contributed by atoms with Crippen LogP contribution in [0.15, 0.2) is 60.7 Å². The van der Waals surface area contributed by atoms with Crippen LogP contribution in [0.3, 0.4) is 0 Å². The molecule has 3 rings (SSSR count). The Kier molecular flexibility index (Phi) is 7.66. The van der Waals surface area contributed by atoms with E-state index < -0.39 is 0 Å². The average molecular weight is 400 g/mol. The second kappa shape index (κ2) is 10.4. The molecule has 0 unspecified atom stereocenters. The second-order valence-corrected chi connectivity index (χ2v) is 8.01. The molecule has 2 aromatic carbocycles. The third-order valence-corrected chi connectivity index (χ3v) is 5.55. The number of amides is 1. The molecule has 0 spiro atoms. The van der Waals surface area contributed by atoms with Crippen LogP contribution in [0, 0.1) is 0 Å². The van der Waals surface area contributed by atoms with Crippen molar-refractivity contribution < 1.29 is 14.6 Å². The fourth-order valence-electron chi connectivity index (χ4n) is 3.61. The van der Waals surface area contributed by atoms with Crippen molar-refractivity contribution in [2.75, 3.05) is 46.3 Å². The van der Waals surface area contributed by atoms with Crippen molar-refractivity contribution in [1.82, 2.24) is 4.90 Å². The van der Waals surface area contributed by atoms with Gasteiger partial charge in [-0.2, -0.15) is 0 Å². The lowest BCUT2D eigenvalue weighted by Crippen LogP contribution is -3.28. The summed E-state index contributed by atoms with van der Waals surface area (Å²) in [6, 6.07) is 18.1. The van der Waals surface area contributed by atoms with Gasteiger partial charge in [0.15, 0.2) is 6.54 Å². The van der Waals surface area contributed by atoms with Crippen LogP contribution in [0.4, 0.5) is 0 Å². The van der Waals surface area contributed by atoms with Gasteiger partial charge in [0, 0.05) is 18.6 Å². The van der Waals surface area contributed by atoms with Gasteiger partial charge in [-0.3, -0.25) is 4.79 Å². The largest absolute Gasteiger partial charge is 0.337 e. The predicted molar refractivity (Wildman–Crippen MR) is 115 cm³/mol. The first-order valence-electron chi connectivity index (χ1n) is 9.97. The summed E-state index contributed by atoms with van der Waals surface area (Å²) in [5, 5.41) is 0.712. The molecule has 1 amide bonds. The van der Waals surface area contributed by atoms with Gasteiger partial charge in [0.2, 0.25) is 0 Å². The molecule has 2 aromatic rings. The zero-order valence-corrected chi connectivity index (χ0v) is 17.3. The lowest BCUT2D eigenvalue weighted by atomic mass is 10.2. The van der Waals surface area contributed by atoms with Crippen molar-refractivity contribution in [2.24, 2.45) is 0 Å². The van der Waals surface area contributed by atoms with E-state index in [0.29, 0.717) is 18.1 Å². The Morgan fingerprint density at radius 3 is 2.46 bits per heavy atom. The van der Waals surface area contributed by atoms with Crippen LogP contribution in [0.2, 0.25) is 5.02 Å². The maximum Gasteiger partial charge on any atom is 0.277 e. The van der Waals surface area contributed by atoms with Gasteiger partial charge in [0.1, 0.15) is 26.2 Å². The highest BCUT2D eigenvalue weighted by molar-refractivity contribution is 6.30. The van der Waals surface area contributed by atoms with E-state index in [1.54, 1.807) is 9.80 Å². The standard InChI is InChI=1S/C23H28ClN3O/c1-25(18-21-9-5-11-22(24)17-21)23(28)19-27-15-13-26(14-16-27)12-6-10-20-7-3-2-4-8-20/h2-11,17H,12-16,18-19H2,1H3/p+2/b10-6+. The third kappa shape index (κ3) is 6.48. The molecule has 0 bridgehead atoms. The van der Waals surface area contributed by atoms with Gasteiger partial charge in [0.05, 0.1) is 6.54 Å². The second-order valence-electron chi connectivity index (χ2n) is 7.57. The Morgan fingerprint density at radius 2 is 1.75 bits per heavy atom. The van der Waals surface area contributed by atoms with Crippen molar-refractivity contribution in [3.8, 4) is 0 Å². The fourth-order valence-corrected chi connectivity index (χ4v) is 3.82. The highest BCUT2D eigenvalue weighted by Crippen LogP contribution is 2.12. The number of piperazine rings is 1. The third-order valence-electron chi connectivity index (χ3n) is 5.32. The minimum Gasteiger partial charge on any atom is -0.337 e. The lowest BCUT2D eigenvalue weighted by Gasteiger charge is -2.29. The number of halogens is 1. The van der Waals surface area contributed by atoms with Crippen molar-refractivity contribution in [3.05, 3.63) is 76.8 Å². The molecule has 28 heavy (non-hydrogen) atoms. The van der Waals surface area contributed by atoms with Crippen molar-refractivity contribution in [2.45, 2.75) is 6.54 Å². The van der Waals surface area contributed by atoms with E-state index in [1.807, 2.05) is 37.4 Å². The summed E-state index contributed by atoms with van der Waals surface area (Å²) in [5.74, 6) is 0.197. The monoisotopic (exact) mass is 399 g/mol. The maximum absolute atomic E-state index is 12.6. The topological polar surface area (TPSA) is 29.2 Å². The zero-order valence-electron chi connectivity index (χ0n) is 16.5. The Balaban J connectivity index is 1.38. The van der Waals surface area contributed by atoms with E-state index in [4.69, 9.17) is 11.6 Å². The summed E-state index contributed by atoms with van der Waals surface area (Å²) in [6.07, 6.45) is 4.46. The molecule has 1 aliphatic heterocycles. The molecule has 0 atom stereocenters. The summed E-state index contributed by atoms with van der Waals surface area (Å²) >= 11 is 6.03. The molecule has 1 saturated heterocycles. The molecule has 1 aliphatic rings. The number of carbonyl (C=O) groups is 1. The first kappa shape index (κ1) is 20.6. The molecule has 2 N–H and O–H groups in total. The Labute approximate surface area is 173 Å². The SMILES string of the molecule is CN(Cc1cccc(Cl)c1)C(=O)C[NH+]1CC[NH+](C/C=C/c2ccccc2)CC1. The van der Waals surface area contributed by atoms with Crippen LogP contribution in [0.1, 0.15) is 11.1 Å². The number of benzene rings is 2. The van der Waals surface area contributed by atoms with E-state index in [1.165, 1.54) is 10.5 Å². The Bertz CT molecular complexity index is 785. The number of hydrogen-bond acceptors (Lipinski definition) is 1. The number of carbonyl (C=O) groups excluding carboxylic acids is 1. The smallest absolute Gasteiger partial charge is 0.277 e. The first-order chi connectivity index (χ1) is 13.6. The van der Waals surface area contributed by atoms with E-state index in [2.05, 4.69) is 36.4 Å². The van der Waals surface area contributed by atoms with Gasteiger partial charge in [-0.05, 0) is 29.3 Å². The van der Waals surface area contributed by atoms with Crippen molar-refractivity contribution in [3.63, 3.8) is 0 Å². The fraction of sp³-hybridized carbons (Fsp3) is 0.348. The minimum absolute atomic E-state index is 0.197. The molecule has 0 aromatic heterocycles. The van der Waals surface area contributed by atoms with Gasteiger partial charge in [-0.25, -0.2) is 0 Å². The van der Waals surface area contributed by atoms with Gasteiger partial charge < -0.3 is 14.7 Å². The summed E-state index contributed by atoms with van der Waals surface area (Å²) in [4.78, 5) is 17.4. The summed E-state index contributed by atoms with van der Waals surface area (Å²) in [5.41, 5.74) is 2.32. The Hall–Kier alpha value is -2.14. The van der Waals surface area contributed by atoms with Crippen molar-refractivity contribution >= 4 is 23.6 Å². The Morgan fingerprint density at radius 1 is 1.04 bits per heavy atom. The first-order valence-corrected chi connectivity index (χ1v) is 10.3. The van der Waals surface area contributed by atoms with E-state index in [9.17, 15) is 4.79 Å². The van der Waals surface area contributed by atoms with Crippen LogP contribution in [0.25, 0.3) is 6.08 Å². The highest BCUT2D eigenvalue weighted by atomic mass is 35.5. The summed E-state index contributed by atoms with van der Waals surface area (Å²) < 4.78 is 0. The summed E-state index contributed by atoms with van der Waals surface area (Å²) in [6.45, 7) is 6.54. The zero-order chi connectivity index (χ0) is 19.8. The van der Waals surface area contributed by atoms with Crippen molar-refractivity contribution in [1.29, 1.82) is 0 Å². The highest BCUT2D eigenvalue weighted by Gasteiger charge is 2.25. The number of rotatable bonds is 7. The van der Waals surface area contributed by atoms with E-state index in [-0.39, 0.29) is 5.91 Å². The molecular formula is C23H30ClN3O+2. The molecule has 0 saturated carbocycles. The number of likely N-dealkylation sites (N-methyl/N-ethyl adjacent to an activating group) is 1. The quantitative estimate of drug-likeness (QED) is 0.708. The van der Waals surface area contributed by atoms with Crippen LogP contribution in [-0.4, -0.2) is 57.1 Å². The van der Waals surface area contributed by atoms with Gasteiger partial charge in [-0.1, -0.05) is 60.1 Å². The van der Waals surface area contributed by atoms with Crippen LogP contribution in [0.5, 0.6) is 0 Å².